The van der Waals surface area contributed by atoms with Gasteiger partial charge in [0.15, 0.2) is 21.8 Å². The highest BCUT2D eigenvalue weighted by molar-refractivity contribution is 7.99. The number of hydrogen-bond donors (Lipinski definition) is 1. The van der Waals surface area contributed by atoms with E-state index in [-0.39, 0.29) is 5.91 Å². The maximum absolute atomic E-state index is 10.9. The predicted molar refractivity (Wildman–Crippen MR) is 102 cm³/mol. The van der Waals surface area contributed by atoms with E-state index in [1.165, 1.54) is 0 Å². The molecule has 0 aromatic carbocycles. The minimum absolute atomic E-state index is 0.0419. The zero-order valence-corrected chi connectivity index (χ0v) is 17.7. The Kier molecular flexibility index (Phi) is 8.45. The van der Waals surface area contributed by atoms with Crippen molar-refractivity contribution in [2.24, 2.45) is 0 Å². The predicted octanol–water partition coefficient (Wildman–Crippen LogP) is 3.52. The van der Waals surface area contributed by atoms with Crippen molar-refractivity contribution >= 4 is 34.3 Å². The summed E-state index contributed by atoms with van der Waals surface area (Å²) in [5, 5.41) is 3.69. The Morgan fingerprint density at radius 1 is 1.17 bits per heavy atom. The molecule has 0 atom stereocenters. The quantitative estimate of drug-likeness (QED) is 0.295. The first-order valence-electron chi connectivity index (χ1n) is 8.05. The van der Waals surface area contributed by atoms with Gasteiger partial charge < -0.3 is 9.43 Å². The number of nitrogens with zero attached hydrogens (tertiary/aromatic N) is 2. The van der Waals surface area contributed by atoms with Gasteiger partial charge in [-0.15, -0.1) is 0 Å². The van der Waals surface area contributed by atoms with E-state index in [0.717, 1.165) is 36.0 Å². The van der Waals surface area contributed by atoms with Gasteiger partial charge in [-0.3, -0.25) is 4.79 Å². The average molecular weight is 372 g/mol. The van der Waals surface area contributed by atoms with Gasteiger partial charge in [0.25, 0.3) is 0 Å². The van der Waals surface area contributed by atoms with Crippen LogP contribution in [0.5, 0.6) is 0 Å². The second-order valence-electron chi connectivity index (χ2n) is 6.84. The highest BCUT2D eigenvalue weighted by atomic mass is 32.2. The van der Waals surface area contributed by atoms with Crippen LogP contribution in [0.2, 0.25) is 38.3 Å². The lowest BCUT2D eigenvalue weighted by atomic mass is 10.5. The summed E-state index contributed by atoms with van der Waals surface area (Å²) in [6, 6.07) is 4.01. The Hall–Kier alpha value is -0.706. The van der Waals surface area contributed by atoms with Crippen LogP contribution in [0.15, 0.2) is 23.6 Å². The fourth-order valence-corrected chi connectivity index (χ4v) is 13.0. The van der Waals surface area contributed by atoms with E-state index in [9.17, 15) is 4.79 Å². The minimum atomic E-state index is -1.68. The first kappa shape index (κ1) is 20.3. The summed E-state index contributed by atoms with van der Waals surface area (Å²) in [6.45, 7) is 11.5. The summed E-state index contributed by atoms with van der Waals surface area (Å²) >= 11 is 1.70. The molecule has 0 radical (unpaired) electrons. The van der Waals surface area contributed by atoms with E-state index in [0.29, 0.717) is 0 Å². The molecule has 1 heterocycles. The van der Waals surface area contributed by atoms with Crippen LogP contribution in [0.3, 0.4) is 0 Å². The zero-order valence-electron chi connectivity index (χ0n) is 14.9. The van der Waals surface area contributed by atoms with Crippen molar-refractivity contribution in [3.63, 3.8) is 0 Å². The van der Waals surface area contributed by atoms with E-state index in [1.807, 2.05) is 6.07 Å². The molecular weight excluding hydrogens is 342 g/mol. The van der Waals surface area contributed by atoms with Crippen LogP contribution in [-0.2, 0) is 8.91 Å². The van der Waals surface area contributed by atoms with E-state index in [4.69, 9.17) is 4.12 Å². The van der Waals surface area contributed by atoms with Gasteiger partial charge in [-0.25, -0.2) is 9.97 Å². The molecule has 0 aliphatic carbocycles. The molecule has 1 aromatic rings. The summed E-state index contributed by atoms with van der Waals surface area (Å²) in [6.07, 6.45) is 4.55. The maximum atomic E-state index is 10.9. The summed E-state index contributed by atoms with van der Waals surface area (Å²) in [5.74, 6) is 1.04. The lowest BCUT2D eigenvalue weighted by Gasteiger charge is -2.34. The number of hydrogen-bond acceptors (Lipinski definition) is 5. The Bertz CT molecular complexity index is 487. The maximum Gasteiger partial charge on any atom is 0.216 e. The third-order valence-corrected chi connectivity index (χ3v) is 12.0. The van der Waals surface area contributed by atoms with Crippen LogP contribution in [-0.4, -0.2) is 44.8 Å². The third kappa shape index (κ3) is 9.90. The number of carbonyl (C=O) groups excluding carboxylic acids is 1. The summed E-state index contributed by atoms with van der Waals surface area (Å²) in [7, 11) is -3.35. The summed E-state index contributed by atoms with van der Waals surface area (Å²) in [5.41, 5.74) is 0. The van der Waals surface area contributed by atoms with Gasteiger partial charge in [0.2, 0.25) is 5.91 Å². The van der Waals surface area contributed by atoms with Crippen molar-refractivity contribution in [3.8, 4) is 0 Å². The monoisotopic (exact) mass is 371 g/mol. The van der Waals surface area contributed by atoms with Gasteiger partial charge in [-0.05, 0) is 50.8 Å². The highest BCUT2D eigenvalue weighted by Crippen LogP contribution is 2.25. The van der Waals surface area contributed by atoms with Gasteiger partial charge in [-0.2, -0.15) is 0 Å². The number of carbonyl (C=O) groups is 1. The van der Waals surface area contributed by atoms with Crippen molar-refractivity contribution < 1.29 is 8.91 Å². The second kappa shape index (κ2) is 9.56. The fraction of sp³-hybridized carbons (Fsp3) is 0.667. The number of rotatable bonds is 10. The van der Waals surface area contributed by atoms with Crippen molar-refractivity contribution in [1.29, 1.82) is 0 Å². The van der Waals surface area contributed by atoms with Crippen molar-refractivity contribution in [2.75, 3.05) is 12.3 Å². The Labute approximate surface area is 146 Å². The normalized spacial score (nSPS) is 12.2. The lowest BCUT2D eigenvalue weighted by molar-refractivity contribution is -0.118. The Morgan fingerprint density at radius 2 is 1.78 bits per heavy atom. The van der Waals surface area contributed by atoms with Gasteiger partial charge in [0.1, 0.15) is 0 Å². The van der Waals surface area contributed by atoms with Crippen LogP contribution < -0.4 is 5.32 Å². The van der Waals surface area contributed by atoms with E-state index >= 15 is 0 Å². The molecule has 0 aliphatic heterocycles. The lowest BCUT2D eigenvalue weighted by Crippen LogP contribution is -2.44. The molecule has 1 rings (SSSR count). The highest BCUT2D eigenvalue weighted by Gasteiger charge is 2.32. The largest absolute Gasteiger partial charge is 0.455 e. The minimum Gasteiger partial charge on any atom is -0.455 e. The second-order valence-corrected chi connectivity index (χ2v) is 16.8. The molecule has 0 spiro atoms. The van der Waals surface area contributed by atoms with Crippen LogP contribution >= 0.6 is 11.8 Å². The molecule has 0 bridgehead atoms. The molecule has 1 amide bonds. The number of thioether (sulfide) groups is 1. The molecule has 0 saturated heterocycles. The molecule has 23 heavy (non-hydrogen) atoms. The molecule has 0 aliphatic rings. The molecular formula is C15H29N3O2SSi2. The topological polar surface area (TPSA) is 64.1 Å². The number of amides is 1. The van der Waals surface area contributed by atoms with E-state index in [2.05, 4.69) is 41.5 Å². The van der Waals surface area contributed by atoms with Crippen molar-refractivity contribution in [3.05, 3.63) is 18.5 Å². The molecule has 1 N–H and O–H groups in total. The molecule has 5 nitrogen and oxygen atoms in total. The van der Waals surface area contributed by atoms with Gasteiger partial charge in [0.05, 0.1) is 0 Å². The third-order valence-electron chi connectivity index (χ3n) is 3.36. The smallest absolute Gasteiger partial charge is 0.216 e. The van der Waals surface area contributed by atoms with Crippen LogP contribution in [0.1, 0.15) is 13.3 Å². The van der Waals surface area contributed by atoms with Gasteiger partial charge >= 0.3 is 0 Å². The molecule has 0 saturated carbocycles. The van der Waals surface area contributed by atoms with E-state index < -0.39 is 16.6 Å². The zero-order chi connectivity index (χ0) is 17.3. The molecule has 0 fully saturated rings. The van der Waals surface area contributed by atoms with Crippen LogP contribution in [0.4, 0.5) is 0 Å². The standard InChI is InChI=1S/C15H29N3O2SSi2/c1-14(19)16-10-7-12-22(2,3)20-23(4,5)13-11-21-15-17-8-6-9-18-15/h6,8-9H,7,10-13H2,1-5H3,(H,16,19). The van der Waals surface area contributed by atoms with Crippen LogP contribution in [0.25, 0.3) is 0 Å². The first-order valence-corrected chi connectivity index (χ1v) is 15.3. The Balaban J connectivity index is 2.32. The number of aromatic nitrogens is 2. The van der Waals surface area contributed by atoms with Crippen LogP contribution in [0, 0.1) is 0 Å². The summed E-state index contributed by atoms with van der Waals surface area (Å²) in [4.78, 5) is 19.4. The van der Waals surface area contributed by atoms with E-state index in [1.54, 1.807) is 31.1 Å². The number of nitrogens with one attached hydrogen (secondary N) is 1. The first-order chi connectivity index (χ1) is 10.7. The molecule has 1 aromatic heterocycles. The summed E-state index contributed by atoms with van der Waals surface area (Å²) < 4.78 is 6.58. The molecule has 0 unspecified atom stereocenters. The fourth-order valence-electron chi connectivity index (χ4n) is 2.38. The Morgan fingerprint density at radius 3 is 2.39 bits per heavy atom. The van der Waals surface area contributed by atoms with Crippen molar-refractivity contribution in [1.82, 2.24) is 15.3 Å². The SMILES string of the molecule is CC(=O)NCCC[Si](C)(C)O[Si](C)(C)CCSc1ncccn1. The van der Waals surface area contributed by atoms with Crippen molar-refractivity contribution in [2.45, 2.75) is 56.8 Å². The molecule has 130 valence electrons. The molecule has 8 heteroatoms. The average Bonchev–Trinajstić information content (AvgIpc) is 2.43. The van der Waals surface area contributed by atoms with Gasteiger partial charge in [0, 0.05) is 31.6 Å². The van der Waals surface area contributed by atoms with Gasteiger partial charge in [-0.1, -0.05) is 11.8 Å².